The summed E-state index contributed by atoms with van der Waals surface area (Å²) in [7, 11) is 0. The van der Waals surface area contributed by atoms with Crippen LogP contribution in [0.4, 0.5) is 5.69 Å². The molecule has 3 N–H and O–H groups in total. The normalized spacial score (nSPS) is 20.7. The van der Waals surface area contributed by atoms with Gasteiger partial charge in [-0.3, -0.25) is 0 Å². The third-order valence-electron chi connectivity index (χ3n) is 6.52. The van der Waals surface area contributed by atoms with Crippen molar-refractivity contribution >= 4 is 16.5 Å². The Labute approximate surface area is 171 Å². The van der Waals surface area contributed by atoms with Gasteiger partial charge in [0.1, 0.15) is 0 Å². The zero-order chi connectivity index (χ0) is 19.2. The molecule has 2 aliphatic heterocycles. The largest absolute Gasteiger partial charge is 0.378 e. The van der Waals surface area contributed by atoms with Gasteiger partial charge in [0.15, 0.2) is 0 Å². The topological polar surface area (TPSA) is 39.9 Å². The summed E-state index contributed by atoms with van der Waals surface area (Å²) < 4.78 is 0. The van der Waals surface area contributed by atoms with Gasteiger partial charge in [-0.2, -0.15) is 0 Å². The second kappa shape index (κ2) is 6.78. The Kier molecular flexibility index (Phi) is 3.95. The van der Waals surface area contributed by atoms with Crippen LogP contribution in [0.5, 0.6) is 0 Å². The quantitative estimate of drug-likeness (QED) is 0.443. The number of aromatic nitrogens is 1. The van der Waals surface area contributed by atoms with Crippen molar-refractivity contribution in [3.05, 3.63) is 101 Å². The van der Waals surface area contributed by atoms with Crippen LogP contribution in [0.2, 0.25) is 0 Å². The molecule has 0 amide bonds. The summed E-state index contributed by atoms with van der Waals surface area (Å²) >= 11 is 0. The number of fused-ring (bicyclic) bond motifs is 3. The van der Waals surface area contributed by atoms with Gasteiger partial charge in [0.05, 0.1) is 18.3 Å². The highest BCUT2D eigenvalue weighted by molar-refractivity contribution is 5.89. The molecule has 1 radical (unpaired) electrons. The highest BCUT2D eigenvalue weighted by Crippen LogP contribution is 2.39. The number of para-hydroxylation sites is 1. The molecule has 0 fully saturated rings. The van der Waals surface area contributed by atoms with Gasteiger partial charge in [0.2, 0.25) is 0 Å². The smallest absolute Gasteiger partial charge is 0.0738 e. The summed E-state index contributed by atoms with van der Waals surface area (Å²) in [5.74, 6) is 0. The molecule has 3 heterocycles. The summed E-state index contributed by atoms with van der Waals surface area (Å²) in [6.45, 7) is 0.999. The third-order valence-corrected chi connectivity index (χ3v) is 6.52. The SMILES string of the molecule is [c]1[nH]c(C2NCCc3ccccc32)c2c(C3CCc4ccccc4N3)cccc12. The number of nitrogens with one attached hydrogen (secondary N) is 3. The van der Waals surface area contributed by atoms with E-state index in [-0.39, 0.29) is 6.04 Å². The van der Waals surface area contributed by atoms with Crippen molar-refractivity contribution in [2.75, 3.05) is 11.9 Å². The molecular weight excluding hydrogens is 354 g/mol. The van der Waals surface area contributed by atoms with E-state index < -0.39 is 0 Å². The monoisotopic (exact) mass is 378 g/mol. The second-order valence-corrected chi connectivity index (χ2v) is 8.16. The third kappa shape index (κ3) is 2.77. The number of rotatable bonds is 2. The van der Waals surface area contributed by atoms with Crippen molar-refractivity contribution in [2.45, 2.75) is 31.3 Å². The van der Waals surface area contributed by atoms with E-state index >= 15 is 0 Å². The fourth-order valence-corrected chi connectivity index (χ4v) is 5.11. The van der Waals surface area contributed by atoms with E-state index in [0.29, 0.717) is 6.04 Å². The van der Waals surface area contributed by atoms with Gasteiger partial charge >= 0.3 is 0 Å². The lowest BCUT2D eigenvalue weighted by Gasteiger charge is -2.30. The fraction of sp³-hybridized carbons (Fsp3) is 0.231. The Balaban J connectivity index is 1.47. The Morgan fingerprint density at radius 1 is 0.793 bits per heavy atom. The van der Waals surface area contributed by atoms with Crippen LogP contribution >= 0.6 is 0 Å². The van der Waals surface area contributed by atoms with Crippen molar-refractivity contribution in [3.8, 4) is 0 Å². The zero-order valence-corrected chi connectivity index (χ0v) is 16.3. The van der Waals surface area contributed by atoms with Crippen molar-refractivity contribution in [1.29, 1.82) is 0 Å². The second-order valence-electron chi connectivity index (χ2n) is 8.16. The molecular formula is C26H24N3. The molecule has 2 aliphatic rings. The van der Waals surface area contributed by atoms with Gasteiger partial charge in [-0.15, -0.1) is 0 Å². The molecule has 2 atom stereocenters. The maximum absolute atomic E-state index is 3.80. The summed E-state index contributed by atoms with van der Waals surface area (Å²) in [6, 6.07) is 24.6. The predicted molar refractivity (Wildman–Crippen MR) is 118 cm³/mol. The average Bonchev–Trinajstić information content (AvgIpc) is 3.22. The number of benzene rings is 3. The van der Waals surface area contributed by atoms with Gasteiger partial charge in [0, 0.05) is 28.7 Å². The standard InChI is InChI=1S/C26H24N3/c1-3-9-20-17(6-1)14-15-27-25(20)26-24-19(16-28-26)8-5-10-21(24)23-13-12-18-7-2-4-11-22(18)29-23/h1-11,23,25,27-29H,12-15H2. The maximum atomic E-state index is 3.80. The minimum Gasteiger partial charge on any atom is -0.378 e. The van der Waals surface area contributed by atoms with Gasteiger partial charge in [-0.05, 0) is 47.6 Å². The van der Waals surface area contributed by atoms with Crippen molar-refractivity contribution < 1.29 is 0 Å². The van der Waals surface area contributed by atoms with Crippen LogP contribution < -0.4 is 10.6 Å². The van der Waals surface area contributed by atoms with Gasteiger partial charge in [-0.1, -0.05) is 60.7 Å². The Morgan fingerprint density at radius 2 is 1.62 bits per heavy atom. The first-order valence-electron chi connectivity index (χ1n) is 10.6. The molecule has 6 rings (SSSR count). The van der Waals surface area contributed by atoms with E-state index in [1.54, 1.807) is 0 Å². The van der Waals surface area contributed by atoms with E-state index in [1.165, 1.54) is 44.4 Å². The molecule has 0 spiro atoms. The van der Waals surface area contributed by atoms with E-state index in [9.17, 15) is 0 Å². The molecule has 0 saturated heterocycles. The first-order valence-corrected chi connectivity index (χ1v) is 10.6. The van der Waals surface area contributed by atoms with Crippen LogP contribution in [0.25, 0.3) is 10.8 Å². The van der Waals surface area contributed by atoms with Crippen molar-refractivity contribution in [2.24, 2.45) is 0 Å². The van der Waals surface area contributed by atoms with Crippen LogP contribution in [0, 0.1) is 6.20 Å². The minimum absolute atomic E-state index is 0.186. The maximum Gasteiger partial charge on any atom is 0.0738 e. The number of aryl methyl sites for hydroxylation is 1. The lowest BCUT2D eigenvalue weighted by atomic mass is 9.87. The number of anilines is 1. The number of hydrogen-bond acceptors (Lipinski definition) is 2. The van der Waals surface area contributed by atoms with Crippen LogP contribution in [0.3, 0.4) is 0 Å². The van der Waals surface area contributed by atoms with Gasteiger partial charge in [-0.25, -0.2) is 0 Å². The van der Waals surface area contributed by atoms with Crippen LogP contribution in [-0.2, 0) is 12.8 Å². The van der Waals surface area contributed by atoms with Crippen molar-refractivity contribution in [1.82, 2.24) is 10.3 Å². The van der Waals surface area contributed by atoms with Gasteiger partial charge < -0.3 is 15.6 Å². The van der Waals surface area contributed by atoms with E-state index in [4.69, 9.17) is 0 Å². The number of aromatic amines is 1. The molecule has 1 aromatic heterocycles. The van der Waals surface area contributed by atoms with E-state index in [0.717, 1.165) is 25.8 Å². The lowest BCUT2D eigenvalue weighted by molar-refractivity contribution is 0.561. The Hall–Kier alpha value is -3.04. The first-order chi connectivity index (χ1) is 14.4. The first kappa shape index (κ1) is 16.9. The van der Waals surface area contributed by atoms with Crippen LogP contribution in [0.1, 0.15) is 46.5 Å². The van der Waals surface area contributed by atoms with Crippen molar-refractivity contribution in [3.63, 3.8) is 0 Å². The van der Waals surface area contributed by atoms with Crippen LogP contribution in [-0.4, -0.2) is 11.5 Å². The molecule has 4 aromatic rings. The average molecular weight is 378 g/mol. The minimum atomic E-state index is 0.186. The molecule has 143 valence electrons. The molecule has 2 unspecified atom stereocenters. The van der Waals surface area contributed by atoms with Crippen LogP contribution in [0.15, 0.2) is 66.7 Å². The Morgan fingerprint density at radius 3 is 2.59 bits per heavy atom. The highest BCUT2D eigenvalue weighted by atomic mass is 15.0. The number of hydrogen-bond donors (Lipinski definition) is 3. The summed E-state index contributed by atoms with van der Waals surface area (Å²) in [5.41, 5.74) is 8.12. The fourth-order valence-electron chi connectivity index (χ4n) is 5.11. The summed E-state index contributed by atoms with van der Waals surface area (Å²) in [6.07, 6.45) is 6.72. The molecule has 0 aliphatic carbocycles. The molecule has 3 heteroatoms. The zero-order valence-electron chi connectivity index (χ0n) is 16.3. The molecule has 3 nitrogen and oxygen atoms in total. The van der Waals surface area contributed by atoms with Gasteiger partial charge in [0.25, 0.3) is 0 Å². The molecule has 3 aromatic carbocycles. The lowest BCUT2D eigenvalue weighted by Crippen LogP contribution is -2.31. The van der Waals surface area contributed by atoms with E-state index in [2.05, 4.69) is 88.5 Å². The number of H-pyrrole nitrogens is 1. The molecule has 0 bridgehead atoms. The van der Waals surface area contributed by atoms with E-state index in [1.807, 2.05) is 0 Å². The summed E-state index contributed by atoms with van der Waals surface area (Å²) in [4.78, 5) is 3.51. The summed E-state index contributed by atoms with van der Waals surface area (Å²) in [5, 5.41) is 10.0. The predicted octanol–water partition coefficient (Wildman–Crippen LogP) is 5.30. The molecule has 29 heavy (non-hydrogen) atoms. The molecule has 0 saturated carbocycles. The Bertz CT molecular complexity index is 1190. The highest BCUT2D eigenvalue weighted by Gasteiger charge is 2.27.